The van der Waals surface area contributed by atoms with Gasteiger partial charge < -0.3 is 20.1 Å². The van der Waals surface area contributed by atoms with Gasteiger partial charge in [-0.25, -0.2) is 4.79 Å². The number of morpholine rings is 1. The molecule has 0 radical (unpaired) electrons. The third-order valence-electron chi connectivity index (χ3n) is 3.16. The summed E-state index contributed by atoms with van der Waals surface area (Å²) in [6.45, 7) is 2.07. The molecular formula is C14H18N2O4. The van der Waals surface area contributed by atoms with Crippen molar-refractivity contribution >= 4 is 17.6 Å². The Hall–Kier alpha value is -2.08. The molecular weight excluding hydrogens is 260 g/mol. The fourth-order valence-corrected chi connectivity index (χ4v) is 2.05. The highest BCUT2D eigenvalue weighted by atomic mass is 16.5. The minimum absolute atomic E-state index is 0.0653. The number of carboxylic acids is 1. The van der Waals surface area contributed by atoms with Crippen molar-refractivity contribution in [3.63, 3.8) is 0 Å². The Morgan fingerprint density at radius 1 is 1.25 bits per heavy atom. The standard InChI is InChI=1S/C14H18N2O4/c17-13(16-6-8-20-9-7-16)10-12(14(18)19)15-11-4-2-1-3-5-11/h1-5,12,15H,6-10H2,(H,18,19). The molecule has 1 aromatic rings. The van der Waals surface area contributed by atoms with Gasteiger partial charge in [0.15, 0.2) is 0 Å². The summed E-state index contributed by atoms with van der Waals surface area (Å²) in [7, 11) is 0. The second-order valence-corrected chi connectivity index (χ2v) is 4.60. The average molecular weight is 278 g/mol. The number of rotatable bonds is 5. The fraction of sp³-hybridized carbons (Fsp3) is 0.429. The number of carbonyl (C=O) groups is 2. The van der Waals surface area contributed by atoms with E-state index in [4.69, 9.17) is 4.74 Å². The van der Waals surface area contributed by atoms with E-state index < -0.39 is 12.0 Å². The molecule has 1 saturated heterocycles. The van der Waals surface area contributed by atoms with Crippen LogP contribution in [-0.4, -0.2) is 54.2 Å². The lowest BCUT2D eigenvalue weighted by Crippen LogP contribution is -2.44. The van der Waals surface area contributed by atoms with Crippen molar-refractivity contribution < 1.29 is 19.4 Å². The number of nitrogens with one attached hydrogen (secondary N) is 1. The third-order valence-corrected chi connectivity index (χ3v) is 3.16. The quantitative estimate of drug-likeness (QED) is 0.833. The van der Waals surface area contributed by atoms with E-state index >= 15 is 0 Å². The zero-order valence-corrected chi connectivity index (χ0v) is 11.1. The largest absolute Gasteiger partial charge is 0.480 e. The van der Waals surface area contributed by atoms with Crippen molar-refractivity contribution in [2.45, 2.75) is 12.5 Å². The molecule has 0 spiro atoms. The van der Waals surface area contributed by atoms with Crippen LogP contribution in [0.5, 0.6) is 0 Å². The van der Waals surface area contributed by atoms with Crippen molar-refractivity contribution in [2.75, 3.05) is 31.6 Å². The number of carbonyl (C=O) groups excluding carboxylic acids is 1. The molecule has 0 saturated carbocycles. The van der Waals surface area contributed by atoms with Gasteiger partial charge in [0.05, 0.1) is 19.6 Å². The van der Waals surface area contributed by atoms with Crippen molar-refractivity contribution in [3.05, 3.63) is 30.3 Å². The van der Waals surface area contributed by atoms with Crippen molar-refractivity contribution in [1.29, 1.82) is 0 Å². The lowest BCUT2D eigenvalue weighted by molar-refractivity contribution is -0.143. The molecule has 1 aliphatic heterocycles. The number of ether oxygens (including phenoxy) is 1. The van der Waals surface area contributed by atoms with Crippen molar-refractivity contribution in [1.82, 2.24) is 4.90 Å². The van der Waals surface area contributed by atoms with Crippen molar-refractivity contribution in [2.24, 2.45) is 0 Å². The predicted molar refractivity (Wildman–Crippen MR) is 73.5 cm³/mol. The highest BCUT2D eigenvalue weighted by Crippen LogP contribution is 2.11. The van der Waals surface area contributed by atoms with Crippen LogP contribution in [0, 0.1) is 0 Å². The van der Waals surface area contributed by atoms with Gasteiger partial charge in [-0.15, -0.1) is 0 Å². The molecule has 6 nitrogen and oxygen atoms in total. The van der Waals surface area contributed by atoms with Crippen LogP contribution in [0.2, 0.25) is 0 Å². The molecule has 6 heteroatoms. The SMILES string of the molecule is O=C(O)C(CC(=O)N1CCOCC1)Nc1ccccc1. The molecule has 1 unspecified atom stereocenters. The average Bonchev–Trinajstić information content (AvgIpc) is 2.48. The molecule has 0 aliphatic carbocycles. The monoisotopic (exact) mass is 278 g/mol. The first-order valence-electron chi connectivity index (χ1n) is 6.57. The maximum atomic E-state index is 12.1. The first-order valence-corrected chi connectivity index (χ1v) is 6.57. The summed E-state index contributed by atoms with van der Waals surface area (Å²) in [6.07, 6.45) is -0.0653. The minimum atomic E-state index is -1.03. The normalized spacial score (nSPS) is 16.5. The van der Waals surface area contributed by atoms with Crippen LogP contribution in [0.3, 0.4) is 0 Å². The van der Waals surface area contributed by atoms with Crippen LogP contribution in [0.25, 0.3) is 0 Å². The lowest BCUT2D eigenvalue weighted by Gasteiger charge is -2.28. The Morgan fingerprint density at radius 3 is 2.50 bits per heavy atom. The van der Waals surface area contributed by atoms with Crippen LogP contribution < -0.4 is 5.32 Å². The predicted octanol–water partition coefficient (Wildman–Crippen LogP) is 0.801. The fourth-order valence-electron chi connectivity index (χ4n) is 2.05. The van der Waals surface area contributed by atoms with E-state index in [-0.39, 0.29) is 12.3 Å². The number of benzene rings is 1. The van der Waals surface area contributed by atoms with E-state index in [2.05, 4.69) is 5.32 Å². The molecule has 1 aliphatic rings. The van der Waals surface area contributed by atoms with Gasteiger partial charge in [-0.1, -0.05) is 18.2 Å². The highest BCUT2D eigenvalue weighted by Gasteiger charge is 2.25. The number of nitrogens with zero attached hydrogens (tertiary/aromatic N) is 1. The van der Waals surface area contributed by atoms with Crippen LogP contribution in [0.4, 0.5) is 5.69 Å². The number of para-hydroxylation sites is 1. The van der Waals surface area contributed by atoms with Gasteiger partial charge in [0.2, 0.25) is 5.91 Å². The molecule has 0 bridgehead atoms. The Kier molecular flexibility index (Phi) is 4.95. The van der Waals surface area contributed by atoms with Crippen LogP contribution in [0.15, 0.2) is 30.3 Å². The van der Waals surface area contributed by atoms with E-state index in [1.165, 1.54) is 0 Å². The Morgan fingerprint density at radius 2 is 1.90 bits per heavy atom. The minimum Gasteiger partial charge on any atom is -0.480 e. The molecule has 1 fully saturated rings. The maximum absolute atomic E-state index is 12.1. The second kappa shape index (κ2) is 6.91. The number of amides is 1. The summed E-state index contributed by atoms with van der Waals surface area (Å²) in [5.41, 5.74) is 0.690. The molecule has 1 aromatic carbocycles. The van der Waals surface area contributed by atoms with Gasteiger partial charge in [-0.3, -0.25) is 4.79 Å². The molecule has 108 valence electrons. The van der Waals surface area contributed by atoms with Gasteiger partial charge in [-0.2, -0.15) is 0 Å². The first kappa shape index (κ1) is 14.3. The molecule has 1 heterocycles. The van der Waals surface area contributed by atoms with Crippen LogP contribution in [0.1, 0.15) is 6.42 Å². The topological polar surface area (TPSA) is 78.9 Å². The highest BCUT2D eigenvalue weighted by molar-refractivity contribution is 5.86. The number of aliphatic carboxylic acids is 1. The second-order valence-electron chi connectivity index (χ2n) is 4.60. The van der Waals surface area contributed by atoms with Gasteiger partial charge >= 0.3 is 5.97 Å². The van der Waals surface area contributed by atoms with E-state index in [1.807, 2.05) is 18.2 Å². The van der Waals surface area contributed by atoms with Gasteiger partial charge in [0.25, 0.3) is 0 Å². The molecule has 20 heavy (non-hydrogen) atoms. The summed E-state index contributed by atoms with van der Waals surface area (Å²) < 4.78 is 5.17. The molecule has 2 N–H and O–H groups in total. The smallest absolute Gasteiger partial charge is 0.326 e. The van der Waals surface area contributed by atoms with E-state index in [0.717, 1.165) is 0 Å². The van der Waals surface area contributed by atoms with Crippen LogP contribution >= 0.6 is 0 Å². The van der Waals surface area contributed by atoms with E-state index in [1.54, 1.807) is 17.0 Å². The van der Waals surface area contributed by atoms with E-state index in [0.29, 0.717) is 32.0 Å². The van der Waals surface area contributed by atoms with Gasteiger partial charge in [0.1, 0.15) is 6.04 Å². The van der Waals surface area contributed by atoms with Gasteiger partial charge in [0, 0.05) is 18.8 Å². The number of hydrogen-bond acceptors (Lipinski definition) is 4. The number of anilines is 1. The number of hydrogen-bond donors (Lipinski definition) is 2. The lowest BCUT2D eigenvalue weighted by atomic mass is 10.1. The molecule has 1 amide bonds. The van der Waals surface area contributed by atoms with Crippen molar-refractivity contribution in [3.8, 4) is 0 Å². The third kappa shape index (κ3) is 3.96. The summed E-state index contributed by atoms with van der Waals surface area (Å²) in [5, 5.41) is 12.1. The Labute approximate surface area is 117 Å². The van der Waals surface area contributed by atoms with E-state index in [9.17, 15) is 14.7 Å². The van der Waals surface area contributed by atoms with Crippen LogP contribution in [-0.2, 0) is 14.3 Å². The summed E-state index contributed by atoms with van der Waals surface area (Å²) >= 11 is 0. The number of carboxylic acid groups (broad SMARTS) is 1. The molecule has 2 rings (SSSR count). The summed E-state index contributed by atoms with van der Waals surface area (Å²) in [6, 6.07) is 8.09. The Balaban J connectivity index is 1.95. The molecule has 1 atom stereocenters. The van der Waals surface area contributed by atoms with Gasteiger partial charge in [-0.05, 0) is 12.1 Å². The maximum Gasteiger partial charge on any atom is 0.326 e. The summed E-state index contributed by atoms with van der Waals surface area (Å²) in [4.78, 5) is 25.0. The summed E-state index contributed by atoms with van der Waals surface area (Å²) in [5.74, 6) is -1.19. The zero-order valence-electron chi connectivity index (χ0n) is 11.1. The zero-order chi connectivity index (χ0) is 14.4. The Bertz CT molecular complexity index is 458. The first-order chi connectivity index (χ1) is 9.66. The molecule has 0 aromatic heterocycles.